The first-order chi connectivity index (χ1) is 11.6. The van der Waals surface area contributed by atoms with E-state index in [0.717, 1.165) is 27.4 Å². The number of imidazole rings is 1. The second-order valence-corrected chi connectivity index (χ2v) is 6.65. The molecule has 0 fully saturated rings. The molecule has 0 saturated carbocycles. The molecule has 6 heteroatoms. The molecular formula is C18H20N4OS. The average molecular weight is 340 g/mol. The number of anilines is 1. The number of carbonyl (C=O) groups excluding carboxylic acids is 1. The molecule has 0 aliphatic heterocycles. The number of rotatable bonds is 6. The van der Waals surface area contributed by atoms with E-state index in [-0.39, 0.29) is 5.91 Å². The van der Waals surface area contributed by atoms with Crippen molar-refractivity contribution < 1.29 is 4.79 Å². The van der Waals surface area contributed by atoms with Gasteiger partial charge in [0.2, 0.25) is 5.91 Å². The van der Waals surface area contributed by atoms with Crippen LogP contribution in [-0.4, -0.2) is 35.7 Å². The lowest BCUT2D eigenvalue weighted by molar-refractivity contribution is -0.118. The molecule has 5 nitrogen and oxygen atoms in total. The molecule has 24 heavy (non-hydrogen) atoms. The summed E-state index contributed by atoms with van der Waals surface area (Å²) in [6.45, 7) is 0.535. The summed E-state index contributed by atoms with van der Waals surface area (Å²) in [7, 11) is 4.01. The highest BCUT2D eigenvalue weighted by Gasteiger charge is 2.07. The summed E-state index contributed by atoms with van der Waals surface area (Å²) >= 11 is 1.41. The second-order valence-electron chi connectivity index (χ2n) is 5.69. The van der Waals surface area contributed by atoms with Crippen LogP contribution in [0.3, 0.4) is 0 Å². The third-order valence-corrected chi connectivity index (χ3v) is 4.52. The van der Waals surface area contributed by atoms with E-state index in [9.17, 15) is 4.79 Å². The first kappa shape index (κ1) is 16.4. The normalized spacial score (nSPS) is 10.8. The summed E-state index contributed by atoms with van der Waals surface area (Å²) < 4.78 is 0. The first-order valence-electron chi connectivity index (χ1n) is 7.72. The highest BCUT2D eigenvalue weighted by molar-refractivity contribution is 7.99. The monoisotopic (exact) mass is 340 g/mol. The molecule has 0 saturated heterocycles. The minimum absolute atomic E-state index is 0.00265. The van der Waals surface area contributed by atoms with E-state index >= 15 is 0 Å². The summed E-state index contributed by atoms with van der Waals surface area (Å²) in [5.74, 6) is 0.340. The van der Waals surface area contributed by atoms with Crippen LogP contribution in [0, 0.1) is 0 Å². The van der Waals surface area contributed by atoms with Crippen LogP contribution in [0.4, 0.5) is 5.69 Å². The van der Waals surface area contributed by atoms with Gasteiger partial charge in [-0.3, -0.25) is 4.79 Å². The third-order valence-electron chi connectivity index (χ3n) is 3.65. The predicted molar refractivity (Wildman–Crippen MR) is 99.4 cm³/mol. The van der Waals surface area contributed by atoms with Crippen LogP contribution in [0.1, 0.15) is 5.56 Å². The lowest BCUT2D eigenvalue weighted by atomic mass is 10.2. The number of nitrogens with one attached hydrogen (secondary N) is 2. The van der Waals surface area contributed by atoms with Crippen LogP contribution in [0.15, 0.2) is 53.7 Å². The molecule has 0 radical (unpaired) electrons. The van der Waals surface area contributed by atoms with Gasteiger partial charge in [0.15, 0.2) is 5.16 Å². The number of carbonyl (C=O) groups is 1. The maximum absolute atomic E-state index is 12.0. The average Bonchev–Trinajstić information content (AvgIpc) is 3.01. The van der Waals surface area contributed by atoms with Crippen LogP contribution >= 0.6 is 11.8 Å². The highest BCUT2D eigenvalue weighted by atomic mass is 32.2. The van der Waals surface area contributed by atoms with Gasteiger partial charge >= 0.3 is 0 Å². The number of fused-ring (bicyclic) bond motifs is 1. The lowest BCUT2D eigenvalue weighted by Crippen LogP contribution is -2.24. The van der Waals surface area contributed by atoms with Gasteiger partial charge in [-0.05, 0) is 29.8 Å². The van der Waals surface area contributed by atoms with Crippen molar-refractivity contribution in [1.29, 1.82) is 0 Å². The molecule has 124 valence electrons. The van der Waals surface area contributed by atoms with Crippen molar-refractivity contribution in [2.45, 2.75) is 11.7 Å². The first-order valence-corrected chi connectivity index (χ1v) is 8.71. The number of H-pyrrole nitrogens is 1. The quantitative estimate of drug-likeness (QED) is 0.677. The molecular weight excluding hydrogens is 320 g/mol. The van der Waals surface area contributed by atoms with Crippen LogP contribution in [0.2, 0.25) is 0 Å². The Bertz CT molecular complexity index is 793. The number of benzene rings is 2. The topological polar surface area (TPSA) is 61.0 Å². The number of nitrogens with zero attached hydrogens (tertiary/aromatic N) is 2. The molecule has 0 unspecified atom stereocenters. The SMILES string of the molecule is CN(C)c1ccc(CNC(=O)CSc2nc3ccccc3[nH]2)cc1. The molecule has 1 aromatic heterocycles. The zero-order valence-corrected chi connectivity index (χ0v) is 14.6. The number of hydrogen-bond donors (Lipinski definition) is 2. The Morgan fingerprint density at radius 2 is 1.92 bits per heavy atom. The van der Waals surface area contributed by atoms with Crippen LogP contribution in [0.5, 0.6) is 0 Å². The van der Waals surface area contributed by atoms with Gasteiger partial charge < -0.3 is 15.2 Å². The van der Waals surface area contributed by atoms with Gasteiger partial charge in [-0.1, -0.05) is 36.0 Å². The Kier molecular flexibility index (Phi) is 5.05. The minimum atomic E-state index is -0.00265. The number of thioether (sulfide) groups is 1. The fourth-order valence-electron chi connectivity index (χ4n) is 2.30. The third kappa shape index (κ3) is 4.08. The Balaban J connectivity index is 1.48. The summed E-state index contributed by atoms with van der Waals surface area (Å²) in [6.07, 6.45) is 0. The standard InChI is InChI=1S/C18H20N4OS/c1-22(2)14-9-7-13(8-10-14)11-19-17(23)12-24-18-20-15-5-3-4-6-16(15)21-18/h3-10H,11-12H2,1-2H3,(H,19,23)(H,20,21). The summed E-state index contributed by atoms with van der Waals surface area (Å²) in [5, 5.41) is 3.70. The molecule has 0 aliphatic rings. The second kappa shape index (κ2) is 7.40. The van der Waals surface area contributed by atoms with E-state index in [2.05, 4.69) is 15.3 Å². The number of aromatic nitrogens is 2. The van der Waals surface area contributed by atoms with Crippen LogP contribution in [-0.2, 0) is 11.3 Å². The molecule has 0 atom stereocenters. The van der Waals surface area contributed by atoms with E-state index in [1.54, 1.807) is 0 Å². The number of amides is 1. The summed E-state index contributed by atoms with van der Waals surface area (Å²) in [6, 6.07) is 16.0. The van der Waals surface area contributed by atoms with E-state index in [0.29, 0.717) is 12.3 Å². The van der Waals surface area contributed by atoms with Crippen molar-refractivity contribution in [2.24, 2.45) is 0 Å². The van der Waals surface area contributed by atoms with Crippen molar-refractivity contribution in [1.82, 2.24) is 15.3 Å². The number of hydrogen-bond acceptors (Lipinski definition) is 4. The Labute approximate surface area is 145 Å². The largest absolute Gasteiger partial charge is 0.378 e. The van der Waals surface area contributed by atoms with Crippen molar-refractivity contribution in [3.05, 3.63) is 54.1 Å². The van der Waals surface area contributed by atoms with Crippen LogP contribution < -0.4 is 10.2 Å². The van der Waals surface area contributed by atoms with Gasteiger partial charge in [0, 0.05) is 26.3 Å². The van der Waals surface area contributed by atoms with Crippen molar-refractivity contribution in [3.8, 4) is 0 Å². The fraction of sp³-hybridized carbons (Fsp3) is 0.222. The zero-order valence-electron chi connectivity index (χ0n) is 13.7. The van der Waals surface area contributed by atoms with E-state index in [1.165, 1.54) is 11.8 Å². The molecule has 0 bridgehead atoms. The molecule has 1 amide bonds. The van der Waals surface area contributed by atoms with Crippen molar-refractivity contribution in [3.63, 3.8) is 0 Å². The van der Waals surface area contributed by atoms with E-state index < -0.39 is 0 Å². The number of para-hydroxylation sites is 2. The van der Waals surface area contributed by atoms with E-state index in [4.69, 9.17) is 0 Å². The van der Waals surface area contributed by atoms with Crippen LogP contribution in [0.25, 0.3) is 11.0 Å². The predicted octanol–water partition coefficient (Wildman–Crippen LogP) is 3.04. The molecule has 0 spiro atoms. The van der Waals surface area contributed by atoms with Gasteiger partial charge in [0.1, 0.15) is 0 Å². The van der Waals surface area contributed by atoms with Crippen molar-refractivity contribution in [2.75, 3.05) is 24.7 Å². The Hall–Kier alpha value is -2.47. The Morgan fingerprint density at radius 3 is 2.62 bits per heavy atom. The molecule has 2 aromatic carbocycles. The fourth-order valence-corrected chi connectivity index (χ4v) is 3.01. The van der Waals surface area contributed by atoms with Gasteiger partial charge in [-0.25, -0.2) is 4.98 Å². The van der Waals surface area contributed by atoms with Gasteiger partial charge in [-0.15, -0.1) is 0 Å². The lowest BCUT2D eigenvalue weighted by Gasteiger charge is -2.12. The van der Waals surface area contributed by atoms with E-state index in [1.807, 2.05) is 67.5 Å². The Morgan fingerprint density at radius 1 is 1.17 bits per heavy atom. The molecule has 3 aromatic rings. The van der Waals surface area contributed by atoms with Gasteiger partial charge in [-0.2, -0.15) is 0 Å². The number of aromatic amines is 1. The molecule has 0 aliphatic carbocycles. The van der Waals surface area contributed by atoms with Gasteiger partial charge in [0.25, 0.3) is 0 Å². The molecule has 2 N–H and O–H groups in total. The summed E-state index contributed by atoms with van der Waals surface area (Å²) in [4.78, 5) is 21.7. The molecule has 3 rings (SSSR count). The highest BCUT2D eigenvalue weighted by Crippen LogP contribution is 2.19. The van der Waals surface area contributed by atoms with Gasteiger partial charge in [0.05, 0.1) is 16.8 Å². The zero-order chi connectivity index (χ0) is 16.9. The van der Waals surface area contributed by atoms with Crippen molar-refractivity contribution >= 4 is 34.4 Å². The maximum atomic E-state index is 12.0. The smallest absolute Gasteiger partial charge is 0.230 e. The summed E-state index contributed by atoms with van der Waals surface area (Å²) in [5.41, 5.74) is 4.14. The minimum Gasteiger partial charge on any atom is -0.378 e. The maximum Gasteiger partial charge on any atom is 0.230 e. The molecule has 1 heterocycles.